The molecular formula is C18H12ClN5O3. The number of hydrogen-bond acceptors (Lipinski definition) is 5. The highest BCUT2D eigenvalue weighted by molar-refractivity contribution is 6.31. The van der Waals surface area contributed by atoms with Crippen molar-refractivity contribution in [2.45, 2.75) is 6.54 Å². The number of benzene rings is 1. The molecule has 0 saturated carbocycles. The number of aromatic carboxylic acids is 1. The summed E-state index contributed by atoms with van der Waals surface area (Å²) in [6.45, 7) is 0.298. The van der Waals surface area contributed by atoms with E-state index in [1.807, 2.05) is 12.1 Å². The molecule has 3 heterocycles. The number of carboxylic acids is 1. The van der Waals surface area contributed by atoms with E-state index in [4.69, 9.17) is 16.7 Å². The number of pyridine rings is 2. The second-order valence-electron chi connectivity index (χ2n) is 5.89. The van der Waals surface area contributed by atoms with Crippen molar-refractivity contribution >= 4 is 28.5 Å². The van der Waals surface area contributed by atoms with E-state index < -0.39 is 11.5 Å². The fraction of sp³-hybridized carbons (Fsp3) is 0.0556. The first kappa shape index (κ1) is 16.9. The maximum Gasteiger partial charge on any atom is 0.341 e. The van der Waals surface area contributed by atoms with Crippen molar-refractivity contribution in [2.75, 3.05) is 0 Å². The number of hydrogen-bond donors (Lipinski definition) is 2. The number of H-pyrrole nitrogens is 1. The Morgan fingerprint density at radius 1 is 1.30 bits per heavy atom. The van der Waals surface area contributed by atoms with E-state index in [9.17, 15) is 9.59 Å². The molecule has 0 amide bonds. The smallest absolute Gasteiger partial charge is 0.341 e. The average Bonchev–Trinajstić information content (AvgIpc) is 3.11. The first-order chi connectivity index (χ1) is 13.0. The van der Waals surface area contributed by atoms with Crippen LogP contribution in [0.5, 0.6) is 0 Å². The van der Waals surface area contributed by atoms with Crippen LogP contribution in [0.25, 0.3) is 22.2 Å². The zero-order chi connectivity index (χ0) is 19.0. The van der Waals surface area contributed by atoms with Gasteiger partial charge in [0.05, 0.1) is 18.3 Å². The molecule has 0 aliphatic carbocycles. The van der Waals surface area contributed by atoms with Gasteiger partial charge in [0.25, 0.3) is 5.56 Å². The average molecular weight is 382 g/mol. The van der Waals surface area contributed by atoms with Gasteiger partial charge < -0.3 is 10.1 Å². The third-order valence-electron chi connectivity index (χ3n) is 4.06. The first-order valence-electron chi connectivity index (χ1n) is 7.90. The summed E-state index contributed by atoms with van der Waals surface area (Å²) in [5.74, 6) is -1.29. The Morgan fingerprint density at radius 2 is 2.15 bits per heavy atom. The Morgan fingerprint density at radius 3 is 2.89 bits per heavy atom. The van der Waals surface area contributed by atoms with Crippen LogP contribution >= 0.6 is 11.6 Å². The summed E-state index contributed by atoms with van der Waals surface area (Å²) in [5, 5.41) is 18.3. The van der Waals surface area contributed by atoms with Crippen molar-refractivity contribution in [3.63, 3.8) is 0 Å². The van der Waals surface area contributed by atoms with Crippen LogP contribution in [-0.2, 0) is 6.54 Å². The van der Waals surface area contributed by atoms with Crippen LogP contribution in [0.2, 0.25) is 5.02 Å². The second-order valence-corrected chi connectivity index (χ2v) is 6.33. The van der Waals surface area contributed by atoms with E-state index >= 15 is 0 Å². The molecule has 4 aromatic rings. The summed E-state index contributed by atoms with van der Waals surface area (Å²) in [6.07, 6.45) is 5.12. The Hall–Kier alpha value is -3.52. The SMILES string of the molecule is O=C(O)c1cc2cc(Cl)cc(Cn3cc(-c4cccnc4)nn3)c2[nH]c1=O. The third kappa shape index (κ3) is 3.30. The van der Waals surface area contributed by atoms with Crippen LogP contribution < -0.4 is 5.56 Å². The van der Waals surface area contributed by atoms with Gasteiger partial charge in [-0.05, 0) is 35.9 Å². The van der Waals surface area contributed by atoms with Crippen LogP contribution in [0.3, 0.4) is 0 Å². The van der Waals surface area contributed by atoms with E-state index in [0.29, 0.717) is 33.7 Å². The number of halogens is 1. The lowest BCUT2D eigenvalue weighted by atomic mass is 10.1. The molecule has 0 unspecified atom stereocenters. The van der Waals surface area contributed by atoms with Gasteiger partial charge in [-0.3, -0.25) is 9.78 Å². The largest absolute Gasteiger partial charge is 0.477 e. The second kappa shape index (κ2) is 6.65. The number of aromatic amines is 1. The Balaban J connectivity index is 1.76. The maximum atomic E-state index is 12.0. The Labute approximate surface area is 157 Å². The summed E-state index contributed by atoms with van der Waals surface area (Å²) in [4.78, 5) is 29.9. The number of carbonyl (C=O) groups is 1. The van der Waals surface area contributed by atoms with Crippen molar-refractivity contribution in [1.29, 1.82) is 0 Å². The van der Waals surface area contributed by atoms with E-state index in [0.717, 1.165) is 5.56 Å². The molecule has 134 valence electrons. The first-order valence-corrected chi connectivity index (χ1v) is 8.28. The van der Waals surface area contributed by atoms with Gasteiger partial charge in [-0.1, -0.05) is 16.8 Å². The minimum absolute atomic E-state index is 0.298. The molecule has 0 spiro atoms. The van der Waals surface area contributed by atoms with Crippen molar-refractivity contribution in [2.24, 2.45) is 0 Å². The molecule has 0 aliphatic heterocycles. The highest BCUT2D eigenvalue weighted by Crippen LogP contribution is 2.23. The molecule has 0 fully saturated rings. The Bertz CT molecular complexity index is 1220. The molecule has 0 atom stereocenters. The van der Waals surface area contributed by atoms with Gasteiger partial charge in [0.15, 0.2) is 0 Å². The fourth-order valence-electron chi connectivity index (χ4n) is 2.83. The van der Waals surface area contributed by atoms with Crippen molar-refractivity contribution in [3.8, 4) is 11.3 Å². The van der Waals surface area contributed by atoms with Crippen LogP contribution in [0.1, 0.15) is 15.9 Å². The van der Waals surface area contributed by atoms with Gasteiger partial charge in [-0.15, -0.1) is 5.10 Å². The molecule has 1 aromatic carbocycles. The van der Waals surface area contributed by atoms with Crippen LogP contribution in [0.15, 0.2) is 53.7 Å². The van der Waals surface area contributed by atoms with E-state index in [1.165, 1.54) is 6.07 Å². The molecule has 2 N–H and O–H groups in total. The molecule has 4 rings (SSSR count). The van der Waals surface area contributed by atoms with Crippen molar-refractivity contribution in [3.05, 3.63) is 75.4 Å². The van der Waals surface area contributed by atoms with Gasteiger partial charge in [0.2, 0.25) is 0 Å². The molecule has 8 nitrogen and oxygen atoms in total. The third-order valence-corrected chi connectivity index (χ3v) is 4.28. The summed E-state index contributed by atoms with van der Waals surface area (Å²) in [5.41, 5.74) is 1.68. The topological polar surface area (TPSA) is 114 Å². The molecule has 0 saturated heterocycles. The zero-order valence-electron chi connectivity index (χ0n) is 13.8. The molecule has 3 aromatic heterocycles. The number of aromatic nitrogens is 5. The standard InChI is InChI=1S/C18H12ClN5O3/c19-13-4-11-6-14(18(26)27)17(25)21-16(11)12(5-13)8-24-9-15(22-23-24)10-2-1-3-20-7-10/h1-7,9H,8H2,(H,21,25)(H,26,27). The van der Waals surface area contributed by atoms with Gasteiger partial charge >= 0.3 is 5.97 Å². The summed E-state index contributed by atoms with van der Waals surface area (Å²) in [6, 6.07) is 8.30. The number of nitrogens with zero attached hydrogens (tertiary/aromatic N) is 4. The maximum absolute atomic E-state index is 12.0. The Kier molecular flexibility index (Phi) is 4.17. The summed E-state index contributed by atoms with van der Waals surface area (Å²) in [7, 11) is 0. The van der Waals surface area contributed by atoms with Gasteiger partial charge in [-0.2, -0.15) is 0 Å². The lowest BCUT2D eigenvalue weighted by Crippen LogP contribution is -2.17. The van der Waals surface area contributed by atoms with Gasteiger partial charge in [0, 0.05) is 28.4 Å². The molecule has 0 aliphatic rings. The number of fused-ring (bicyclic) bond motifs is 1. The highest BCUT2D eigenvalue weighted by atomic mass is 35.5. The fourth-order valence-corrected chi connectivity index (χ4v) is 3.08. The van der Waals surface area contributed by atoms with Crippen molar-refractivity contribution in [1.82, 2.24) is 25.0 Å². The molecular weight excluding hydrogens is 370 g/mol. The van der Waals surface area contributed by atoms with E-state index in [1.54, 1.807) is 35.4 Å². The minimum Gasteiger partial charge on any atom is -0.477 e. The normalized spacial score (nSPS) is 11.0. The number of rotatable bonds is 4. The molecule has 9 heteroatoms. The number of nitrogens with one attached hydrogen (secondary N) is 1. The zero-order valence-corrected chi connectivity index (χ0v) is 14.5. The summed E-state index contributed by atoms with van der Waals surface area (Å²) >= 11 is 6.17. The van der Waals surface area contributed by atoms with E-state index in [2.05, 4.69) is 20.3 Å². The predicted molar refractivity (Wildman–Crippen MR) is 98.9 cm³/mol. The lowest BCUT2D eigenvalue weighted by Gasteiger charge is -2.08. The van der Waals surface area contributed by atoms with Crippen LogP contribution in [0, 0.1) is 0 Å². The lowest BCUT2D eigenvalue weighted by molar-refractivity contribution is 0.0695. The van der Waals surface area contributed by atoms with E-state index in [-0.39, 0.29) is 5.56 Å². The molecule has 0 radical (unpaired) electrons. The highest BCUT2D eigenvalue weighted by Gasteiger charge is 2.14. The van der Waals surface area contributed by atoms with Crippen LogP contribution in [-0.4, -0.2) is 36.0 Å². The minimum atomic E-state index is -1.29. The molecule has 0 bridgehead atoms. The van der Waals surface area contributed by atoms with Gasteiger partial charge in [0.1, 0.15) is 11.3 Å². The predicted octanol–water partition coefficient (Wildman–Crippen LogP) is 2.58. The molecule has 27 heavy (non-hydrogen) atoms. The monoisotopic (exact) mass is 381 g/mol. The van der Waals surface area contributed by atoms with Crippen molar-refractivity contribution < 1.29 is 9.90 Å². The number of carboxylic acid groups (broad SMARTS) is 1. The quantitative estimate of drug-likeness (QED) is 0.561. The van der Waals surface area contributed by atoms with Crippen LogP contribution in [0.4, 0.5) is 0 Å². The van der Waals surface area contributed by atoms with Gasteiger partial charge in [-0.25, -0.2) is 9.48 Å². The summed E-state index contributed by atoms with van der Waals surface area (Å²) < 4.78 is 1.61.